The summed E-state index contributed by atoms with van der Waals surface area (Å²) in [5.41, 5.74) is 2.68. The molecule has 2 aliphatic heterocycles. The Hall–Kier alpha value is -3.97. The minimum atomic E-state index is -1.06. The van der Waals surface area contributed by atoms with Gasteiger partial charge in [-0.2, -0.15) is 0 Å². The fraction of sp³-hybridized carbons (Fsp3) is 0.300. The summed E-state index contributed by atoms with van der Waals surface area (Å²) in [5.74, 6) is -2.13. The molecule has 3 aromatic carbocycles. The van der Waals surface area contributed by atoms with Crippen LogP contribution in [0.25, 0.3) is 0 Å². The summed E-state index contributed by atoms with van der Waals surface area (Å²) in [7, 11) is 0. The molecule has 0 saturated carbocycles. The van der Waals surface area contributed by atoms with Gasteiger partial charge in [0.05, 0.1) is 24.6 Å². The Morgan fingerprint density at radius 2 is 1.46 bits per heavy atom. The van der Waals surface area contributed by atoms with Crippen molar-refractivity contribution in [3.63, 3.8) is 0 Å². The highest BCUT2D eigenvalue weighted by molar-refractivity contribution is 5.91. The van der Waals surface area contributed by atoms with Crippen molar-refractivity contribution in [1.82, 2.24) is 9.80 Å². The molecule has 3 atom stereocenters. The van der Waals surface area contributed by atoms with Gasteiger partial charge in [-0.25, -0.2) is 4.79 Å². The van der Waals surface area contributed by atoms with Crippen LogP contribution in [0.1, 0.15) is 29.0 Å². The minimum Gasteiger partial charge on any atom is -0.480 e. The molecule has 2 aliphatic rings. The number of morpholine rings is 1. The predicted molar refractivity (Wildman–Crippen MR) is 138 cm³/mol. The van der Waals surface area contributed by atoms with E-state index in [1.807, 2.05) is 91.0 Å². The first kappa shape index (κ1) is 24.7. The highest BCUT2D eigenvalue weighted by atomic mass is 16.5. The van der Waals surface area contributed by atoms with E-state index >= 15 is 0 Å². The molecule has 0 radical (unpaired) electrons. The molecule has 7 nitrogen and oxygen atoms in total. The second kappa shape index (κ2) is 11.0. The summed E-state index contributed by atoms with van der Waals surface area (Å²) in [4.78, 5) is 42.7. The zero-order chi connectivity index (χ0) is 25.8. The van der Waals surface area contributed by atoms with Gasteiger partial charge in [-0.1, -0.05) is 91.0 Å². The van der Waals surface area contributed by atoms with Crippen LogP contribution in [0.2, 0.25) is 0 Å². The molecule has 0 aliphatic carbocycles. The van der Waals surface area contributed by atoms with E-state index in [1.54, 1.807) is 4.90 Å². The van der Waals surface area contributed by atoms with Gasteiger partial charge >= 0.3 is 5.97 Å². The van der Waals surface area contributed by atoms with E-state index in [2.05, 4.69) is 0 Å². The molecule has 2 saturated heterocycles. The van der Waals surface area contributed by atoms with Gasteiger partial charge in [0.1, 0.15) is 12.6 Å². The van der Waals surface area contributed by atoms with Gasteiger partial charge in [0.15, 0.2) is 0 Å². The number of carbonyl (C=O) groups is 3. The molecule has 190 valence electrons. The molecule has 2 heterocycles. The molecule has 7 heteroatoms. The van der Waals surface area contributed by atoms with Crippen LogP contribution in [0.5, 0.6) is 0 Å². The third-order valence-electron chi connectivity index (χ3n) is 7.28. The summed E-state index contributed by atoms with van der Waals surface area (Å²) >= 11 is 0. The third kappa shape index (κ3) is 5.27. The second-order valence-corrected chi connectivity index (χ2v) is 9.65. The zero-order valence-corrected chi connectivity index (χ0v) is 20.5. The number of carboxylic acid groups (broad SMARTS) is 1. The Balaban J connectivity index is 1.44. The summed E-state index contributed by atoms with van der Waals surface area (Å²) < 4.78 is 5.57. The number of hydrogen-bond donors (Lipinski definition) is 1. The number of aliphatic carboxylic acids is 1. The number of likely N-dealkylation sites (tertiary alicyclic amines) is 1. The fourth-order valence-corrected chi connectivity index (χ4v) is 5.61. The van der Waals surface area contributed by atoms with Crippen molar-refractivity contribution in [2.45, 2.75) is 36.9 Å². The van der Waals surface area contributed by atoms with Crippen molar-refractivity contribution < 1.29 is 24.2 Å². The number of carbonyl (C=O) groups excluding carboxylic acids is 2. The van der Waals surface area contributed by atoms with Crippen LogP contribution < -0.4 is 0 Å². The smallest absolute Gasteiger partial charge is 0.326 e. The van der Waals surface area contributed by atoms with E-state index in [0.717, 1.165) is 16.7 Å². The van der Waals surface area contributed by atoms with Crippen LogP contribution in [0, 0.1) is 0 Å². The SMILES string of the molecule is O=C(O)[C@@H]1C[C@H](N2C(=O)COC[C@@H]2Cc2ccccc2)CN1C(=O)C(c1ccccc1)c1ccccc1. The van der Waals surface area contributed by atoms with E-state index in [1.165, 1.54) is 4.90 Å². The highest BCUT2D eigenvalue weighted by Crippen LogP contribution is 2.33. The van der Waals surface area contributed by atoms with Gasteiger partial charge in [0.25, 0.3) is 0 Å². The fourth-order valence-electron chi connectivity index (χ4n) is 5.61. The van der Waals surface area contributed by atoms with Crippen LogP contribution >= 0.6 is 0 Å². The summed E-state index contributed by atoms with van der Waals surface area (Å²) in [6.45, 7) is 0.507. The van der Waals surface area contributed by atoms with Crippen molar-refractivity contribution in [2.24, 2.45) is 0 Å². The van der Waals surface area contributed by atoms with E-state index < -0.39 is 24.0 Å². The van der Waals surface area contributed by atoms with E-state index in [4.69, 9.17) is 4.74 Å². The highest BCUT2D eigenvalue weighted by Gasteiger charge is 2.47. The molecule has 0 aromatic heterocycles. The van der Waals surface area contributed by atoms with Crippen LogP contribution in [-0.2, 0) is 25.5 Å². The lowest BCUT2D eigenvalue weighted by Crippen LogP contribution is -2.56. The van der Waals surface area contributed by atoms with Crippen molar-refractivity contribution in [3.05, 3.63) is 108 Å². The number of amides is 2. The minimum absolute atomic E-state index is 0.0376. The molecular weight excluding hydrogens is 468 g/mol. The molecule has 3 aromatic rings. The quantitative estimate of drug-likeness (QED) is 0.540. The molecule has 5 rings (SSSR count). The van der Waals surface area contributed by atoms with Crippen molar-refractivity contribution >= 4 is 17.8 Å². The van der Waals surface area contributed by atoms with Crippen molar-refractivity contribution in [3.8, 4) is 0 Å². The topological polar surface area (TPSA) is 87.2 Å². The molecule has 2 fully saturated rings. The van der Waals surface area contributed by atoms with E-state index in [0.29, 0.717) is 13.0 Å². The normalized spacial score (nSPS) is 21.9. The molecule has 37 heavy (non-hydrogen) atoms. The molecular formula is C30H30N2O5. The Kier molecular flexibility index (Phi) is 7.32. The summed E-state index contributed by atoms with van der Waals surface area (Å²) in [5, 5.41) is 10.1. The van der Waals surface area contributed by atoms with E-state index in [-0.39, 0.29) is 37.4 Å². The molecule has 2 amide bonds. The van der Waals surface area contributed by atoms with Gasteiger partial charge in [0.2, 0.25) is 11.8 Å². The van der Waals surface area contributed by atoms with Gasteiger partial charge in [0, 0.05) is 13.0 Å². The largest absolute Gasteiger partial charge is 0.480 e. The molecule has 0 unspecified atom stereocenters. The second-order valence-electron chi connectivity index (χ2n) is 9.65. The Labute approximate surface area is 216 Å². The van der Waals surface area contributed by atoms with Crippen LogP contribution in [0.3, 0.4) is 0 Å². The maximum atomic E-state index is 14.1. The van der Waals surface area contributed by atoms with Crippen molar-refractivity contribution in [2.75, 3.05) is 19.8 Å². The Morgan fingerprint density at radius 3 is 2.03 bits per heavy atom. The zero-order valence-electron chi connectivity index (χ0n) is 20.5. The molecule has 0 spiro atoms. The van der Waals surface area contributed by atoms with Crippen LogP contribution in [0.15, 0.2) is 91.0 Å². The number of hydrogen-bond acceptors (Lipinski definition) is 4. The lowest BCUT2D eigenvalue weighted by molar-refractivity contribution is -0.152. The first-order valence-electron chi connectivity index (χ1n) is 12.6. The van der Waals surface area contributed by atoms with Gasteiger partial charge in [-0.05, 0) is 23.1 Å². The van der Waals surface area contributed by atoms with E-state index in [9.17, 15) is 19.5 Å². The number of benzene rings is 3. The van der Waals surface area contributed by atoms with Crippen LogP contribution in [-0.4, -0.2) is 70.6 Å². The summed E-state index contributed by atoms with van der Waals surface area (Å²) in [6.07, 6.45) is 0.791. The number of carboxylic acids is 1. The first-order chi connectivity index (χ1) is 18.0. The van der Waals surface area contributed by atoms with Gasteiger partial charge < -0.3 is 19.6 Å². The Bertz CT molecular complexity index is 1200. The average Bonchev–Trinajstić information content (AvgIpc) is 3.36. The standard InChI is InChI=1S/C30H30N2O5/c33-27-20-37-19-25(16-21-10-4-1-5-11-21)32(27)24-17-26(30(35)36)31(18-24)29(34)28(22-12-6-2-7-13-22)23-14-8-3-9-15-23/h1-15,24-26,28H,16-20H2,(H,35,36)/t24-,25-,26-/m0/s1. The van der Waals surface area contributed by atoms with Gasteiger partial charge in [-0.3, -0.25) is 9.59 Å². The average molecular weight is 499 g/mol. The lowest BCUT2D eigenvalue weighted by Gasteiger charge is -2.39. The number of rotatable bonds is 7. The third-order valence-corrected chi connectivity index (χ3v) is 7.28. The predicted octanol–water partition coefficient (Wildman–Crippen LogP) is 3.34. The van der Waals surface area contributed by atoms with Crippen molar-refractivity contribution in [1.29, 1.82) is 0 Å². The van der Waals surface area contributed by atoms with Crippen LogP contribution in [0.4, 0.5) is 0 Å². The lowest BCUT2D eigenvalue weighted by atomic mass is 9.90. The maximum Gasteiger partial charge on any atom is 0.326 e. The first-order valence-corrected chi connectivity index (χ1v) is 12.6. The summed E-state index contributed by atoms with van der Waals surface area (Å²) in [6, 6.07) is 27.1. The number of nitrogens with zero attached hydrogens (tertiary/aromatic N) is 2. The maximum absolute atomic E-state index is 14.1. The monoisotopic (exact) mass is 498 g/mol. The van der Waals surface area contributed by atoms with Gasteiger partial charge in [-0.15, -0.1) is 0 Å². The molecule has 0 bridgehead atoms. The Morgan fingerprint density at radius 1 is 0.892 bits per heavy atom. The molecule has 1 N–H and O–H groups in total. The number of ether oxygens (including phenoxy) is 1.